The van der Waals surface area contributed by atoms with E-state index in [-0.39, 0.29) is 5.60 Å². The van der Waals surface area contributed by atoms with Crippen LogP contribution >= 0.6 is 0 Å². The molecular formula is C13H22N2O. The van der Waals surface area contributed by atoms with Crippen molar-refractivity contribution in [2.75, 3.05) is 24.2 Å². The van der Waals surface area contributed by atoms with E-state index in [2.05, 4.69) is 19.2 Å². The third kappa shape index (κ3) is 3.74. The number of hydrogen-bond acceptors (Lipinski definition) is 3. The zero-order valence-corrected chi connectivity index (χ0v) is 10.6. The zero-order chi connectivity index (χ0) is 12.2. The van der Waals surface area contributed by atoms with Gasteiger partial charge in [-0.1, -0.05) is 6.07 Å². The Morgan fingerprint density at radius 2 is 2.06 bits per heavy atom. The van der Waals surface area contributed by atoms with E-state index in [4.69, 9.17) is 10.5 Å². The second kappa shape index (κ2) is 5.21. The molecule has 0 amide bonds. The van der Waals surface area contributed by atoms with Gasteiger partial charge in [-0.3, -0.25) is 0 Å². The van der Waals surface area contributed by atoms with Gasteiger partial charge in [0, 0.05) is 24.5 Å². The van der Waals surface area contributed by atoms with Gasteiger partial charge in [-0.05, 0) is 45.4 Å². The highest BCUT2D eigenvalue weighted by Gasteiger charge is 2.16. The molecule has 0 aromatic heterocycles. The molecule has 0 aliphatic carbocycles. The lowest BCUT2D eigenvalue weighted by atomic mass is 10.1. The van der Waals surface area contributed by atoms with E-state index in [0.29, 0.717) is 0 Å². The van der Waals surface area contributed by atoms with Crippen LogP contribution in [0.15, 0.2) is 18.2 Å². The van der Waals surface area contributed by atoms with Crippen LogP contribution in [0.1, 0.15) is 26.3 Å². The molecule has 0 bridgehead atoms. The molecule has 16 heavy (non-hydrogen) atoms. The van der Waals surface area contributed by atoms with Crippen molar-refractivity contribution in [2.24, 2.45) is 0 Å². The van der Waals surface area contributed by atoms with Crippen molar-refractivity contribution in [2.45, 2.75) is 33.3 Å². The molecule has 1 rings (SSSR count). The van der Waals surface area contributed by atoms with Gasteiger partial charge < -0.3 is 15.8 Å². The van der Waals surface area contributed by atoms with Crippen LogP contribution in [0, 0.1) is 6.92 Å². The molecule has 1 aromatic carbocycles. The van der Waals surface area contributed by atoms with Crippen LogP contribution in [0.5, 0.6) is 0 Å². The van der Waals surface area contributed by atoms with Crippen molar-refractivity contribution >= 4 is 11.4 Å². The number of aryl methyl sites for hydroxylation is 1. The third-order valence-electron chi connectivity index (χ3n) is 2.53. The minimum atomic E-state index is -0.158. The molecule has 0 saturated heterocycles. The van der Waals surface area contributed by atoms with Crippen molar-refractivity contribution in [1.82, 2.24) is 0 Å². The van der Waals surface area contributed by atoms with Gasteiger partial charge in [0.15, 0.2) is 0 Å². The van der Waals surface area contributed by atoms with Gasteiger partial charge in [0.05, 0.1) is 5.60 Å². The van der Waals surface area contributed by atoms with Crippen molar-refractivity contribution in [3.8, 4) is 0 Å². The van der Waals surface area contributed by atoms with E-state index in [1.165, 1.54) is 0 Å². The van der Waals surface area contributed by atoms with Crippen LogP contribution in [-0.4, -0.2) is 18.8 Å². The van der Waals surface area contributed by atoms with Gasteiger partial charge in [0.25, 0.3) is 0 Å². The Balaban J connectivity index is 2.57. The highest BCUT2D eigenvalue weighted by Crippen LogP contribution is 2.18. The number of nitrogen functional groups attached to an aromatic ring is 1. The standard InChI is InChI=1S/C13H22N2O/c1-5-16-13(3,4)9-15-11-7-6-10(2)12(14)8-11/h6-8,15H,5,9,14H2,1-4H3. The third-order valence-corrected chi connectivity index (χ3v) is 2.53. The summed E-state index contributed by atoms with van der Waals surface area (Å²) in [5.74, 6) is 0. The predicted octanol–water partition coefficient (Wildman–Crippen LogP) is 2.80. The van der Waals surface area contributed by atoms with Gasteiger partial charge in [-0.25, -0.2) is 0 Å². The summed E-state index contributed by atoms with van der Waals surface area (Å²) in [4.78, 5) is 0. The summed E-state index contributed by atoms with van der Waals surface area (Å²) in [6.07, 6.45) is 0. The molecule has 0 atom stereocenters. The fraction of sp³-hybridized carbons (Fsp3) is 0.538. The Morgan fingerprint density at radius 1 is 1.38 bits per heavy atom. The first-order chi connectivity index (χ1) is 7.44. The molecule has 3 nitrogen and oxygen atoms in total. The molecule has 1 aromatic rings. The van der Waals surface area contributed by atoms with Gasteiger partial charge in [-0.15, -0.1) is 0 Å². The molecular weight excluding hydrogens is 200 g/mol. The molecule has 0 aliphatic rings. The summed E-state index contributed by atoms with van der Waals surface area (Å²) in [5, 5.41) is 3.33. The van der Waals surface area contributed by atoms with E-state index in [0.717, 1.165) is 30.1 Å². The maximum Gasteiger partial charge on any atom is 0.0797 e. The summed E-state index contributed by atoms with van der Waals surface area (Å²) in [5.41, 5.74) is 8.65. The van der Waals surface area contributed by atoms with Crippen LogP contribution < -0.4 is 11.1 Å². The number of ether oxygens (including phenoxy) is 1. The second-order valence-electron chi connectivity index (χ2n) is 4.62. The Hall–Kier alpha value is -1.22. The maximum absolute atomic E-state index is 5.85. The first-order valence-electron chi connectivity index (χ1n) is 5.68. The number of nitrogens with two attached hydrogens (primary N) is 1. The Labute approximate surface area is 98.0 Å². The van der Waals surface area contributed by atoms with Crippen LogP contribution in [0.4, 0.5) is 11.4 Å². The van der Waals surface area contributed by atoms with Gasteiger partial charge in [-0.2, -0.15) is 0 Å². The lowest BCUT2D eigenvalue weighted by Crippen LogP contribution is -2.33. The maximum atomic E-state index is 5.85. The molecule has 0 spiro atoms. The number of nitrogens with one attached hydrogen (secondary N) is 1. The van der Waals surface area contributed by atoms with Crippen LogP contribution in [0.3, 0.4) is 0 Å². The fourth-order valence-corrected chi connectivity index (χ4v) is 1.51. The van der Waals surface area contributed by atoms with Gasteiger partial charge in [0.1, 0.15) is 0 Å². The molecule has 90 valence electrons. The molecule has 0 aliphatic heterocycles. The Bertz CT molecular complexity index is 348. The summed E-state index contributed by atoms with van der Waals surface area (Å²) in [6, 6.07) is 6.01. The molecule has 0 fully saturated rings. The monoisotopic (exact) mass is 222 g/mol. The SMILES string of the molecule is CCOC(C)(C)CNc1ccc(C)c(N)c1. The van der Waals surface area contributed by atoms with Crippen LogP contribution in [-0.2, 0) is 4.74 Å². The summed E-state index contributed by atoms with van der Waals surface area (Å²) in [7, 11) is 0. The molecule has 0 radical (unpaired) electrons. The smallest absolute Gasteiger partial charge is 0.0797 e. The topological polar surface area (TPSA) is 47.3 Å². The number of anilines is 2. The molecule has 0 heterocycles. The number of benzene rings is 1. The minimum absolute atomic E-state index is 0.158. The first-order valence-corrected chi connectivity index (χ1v) is 5.68. The highest BCUT2D eigenvalue weighted by molar-refractivity contribution is 5.58. The highest BCUT2D eigenvalue weighted by atomic mass is 16.5. The quantitative estimate of drug-likeness (QED) is 0.753. The lowest BCUT2D eigenvalue weighted by molar-refractivity contribution is 0.000699. The second-order valence-corrected chi connectivity index (χ2v) is 4.62. The Morgan fingerprint density at radius 3 is 2.62 bits per heavy atom. The molecule has 3 heteroatoms. The summed E-state index contributed by atoms with van der Waals surface area (Å²) in [6.45, 7) is 9.64. The average Bonchev–Trinajstić information content (AvgIpc) is 2.20. The summed E-state index contributed by atoms with van der Waals surface area (Å²) >= 11 is 0. The molecule has 3 N–H and O–H groups in total. The summed E-state index contributed by atoms with van der Waals surface area (Å²) < 4.78 is 5.61. The van der Waals surface area contributed by atoms with E-state index in [1.54, 1.807) is 0 Å². The van der Waals surface area contributed by atoms with E-state index in [9.17, 15) is 0 Å². The van der Waals surface area contributed by atoms with E-state index >= 15 is 0 Å². The largest absolute Gasteiger partial charge is 0.398 e. The predicted molar refractivity (Wildman–Crippen MR) is 69.8 cm³/mol. The van der Waals surface area contributed by atoms with E-state index < -0.39 is 0 Å². The van der Waals surface area contributed by atoms with Crippen LogP contribution in [0.25, 0.3) is 0 Å². The van der Waals surface area contributed by atoms with Gasteiger partial charge in [0.2, 0.25) is 0 Å². The van der Waals surface area contributed by atoms with E-state index in [1.807, 2.05) is 32.0 Å². The van der Waals surface area contributed by atoms with Crippen molar-refractivity contribution in [3.63, 3.8) is 0 Å². The van der Waals surface area contributed by atoms with Crippen LogP contribution in [0.2, 0.25) is 0 Å². The molecule has 0 saturated carbocycles. The Kier molecular flexibility index (Phi) is 4.19. The van der Waals surface area contributed by atoms with Crippen molar-refractivity contribution in [3.05, 3.63) is 23.8 Å². The van der Waals surface area contributed by atoms with Crippen molar-refractivity contribution in [1.29, 1.82) is 0 Å². The fourth-order valence-electron chi connectivity index (χ4n) is 1.51. The lowest BCUT2D eigenvalue weighted by Gasteiger charge is -2.25. The van der Waals surface area contributed by atoms with Crippen molar-refractivity contribution < 1.29 is 4.74 Å². The minimum Gasteiger partial charge on any atom is -0.398 e. The molecule has 0 unspecified atom stereocenters. The normalized spacial score (nSPS) is 11.5. The number of hydrogen-bond donors (Lipinski definition) is 2. The number of rotatable bonds is 5. The zero-order valence-electron chi connectivity index (χ0n) is 10.6. The van der Waals surface area contributed by atoms with Gasteiger partial charge >= 0.3 is 0 Å². The average molecular weight is 222 g/mol. The first kappa shape index (κ1) is 12.8.